The number of aromatic nitrogens is 5. The second kappa shape index (κ2) is 9.06. The molecular formula is C27H25N7O. The van der Waals surface area contributed by atoms with Crippen molar-refractivity contribution < 1.29 is 5.11 Å². The zero-order chi connectivity index (χ0) is 23.6. The van der Waals surface area contributed by atoms with E-state index >= 15 is 0 Å². The number of phenolic OH excluding ortho intramolecular Hbond substituents is 1. The molecule has 0 amide bonds. The number of benzene rings is 2. The van der Waals surface area contributed by atoms with E-state index in [4.69, 9.17) is 15.1 Å². The van der Waals surface area contributed by atoms with Crippen LogP contribution in [0.4, 0.5) is 11.8 Å². The highest BCUT2D eigenvalue weighted by Gasteiger charge is 2.27. The molecule has 0 spiro atoms. The van der Waals surface area contributed by atoms with Crippen LogP contribution < -0.4 is 10.2 Å². The van der Waals surface area contributed by atoms with Crippen LogP contribution in [0.5, 0.6) is 5.75 Å². The molecule has 0 radical (unpaired) electrons. The van der Waals surface area contributed by atoms with Gasteiger partial charge >= 0.3 is 0 Å². The van der Waals surface area contributed by atoms with Gasteiger partial charge in [-0.3, -0.25) is 4.98 Å². The average Bonchev–Trinajstić information content (AvgIpc) is 3.25. The van der Waals surface area contributed by atoms with Gasteiger partial charge in [-0.05, 0) is 34.9 Å². The lowest BCUT2D eigenvalue weighted by Crippen LogP contribution is -2.29. The van der Waals surface area contributed by atoms with Gasteiger partial charge in [0.25, 0.3) is 0 Å². The molecule has 0 bridgehead atoms. The first-order chi connectivity index (χ1) is 17.2. The Hall–Kier alpha value is -4.46. The topological polar surface area (TPSA) is 92.0 Å². The van der Waals surface area contributed by atoms with Crippen molar-refractivity contribution in [2.75, 3.05) is 16.8 Å². The summed E-state index contributed by atoms with van der Waals surface area (Å²) in [5.41, 5.74) is 5.21. The number of aromatic hydroxyl groups is 1. The van der Waals surface area contributed by atoms with E-state index in [0.717, 1.165) is 46.6 Å². The predicted molar refractivity (Wildman–Crippen MR) is 135 cm³/mol. The van der Waals surface area contributed by atoms with Crippen LogP contribution in [-0.4, -0.2) is 36.4 Å². The highest BCUT2D eigenvalue weighted by atomic mass is 16.3. The third-order valence-corrected chi connectivity index (χ3v) is 6.22. The van der Waals surface area contributed by atoms with Crippen molar-refractivity contribution in [1.82, 2.24) is 24.7 Å². The molecule has 174 valence electrons. The molecule has 8 heteroatoms. The largest absolute Gasteiger partial charge is 0.508 e. The summed E-state index contributed by atoms with van der Waals surface area (Å²) >= 11 is 0. The molecule has 35 heavy (non-hydrogen) atoms. The quantitative estimate of drug-likeness (QED) is 0.375. The van der Waals surface area contributed by atoms with Crippen molar-refractivity contribution in [2.24, 2.45) is 0 Å². The molecule has 0 saturated carbocycles. The number of hydrogen-bond donors (Lipinski definition) is 2. The van der Waals surface area contributed by atoms with E-state index in [1.165, 1.54) is 5.56 Å². The zero-order valence-corrected chi connectivity index (χ0v) is 19.2. The van der Waals surface area contributed by atoms with Crippen molar-refractivity contribution in [1.29, 1.82) is 0 Å². The number of rotatable bonds is 7. The van der Waals surface area contributed by atoms with Crippen LogP contribution in [0.2, 0.25) is 0 Å². The lowest BCUT2D eigenvalue weighted by Gasteiger charge is -2.28. The highest BCUT2D eigenvalue weighted by molar-refractivity contribution is 5.92. The van der Waals surface area contributed by atoms with Gasteiger partial charge in [0.1, 0.15) is 11.6 Å². The van der Waals surface area contributed by atoms with Crippen LogP contribution in [0.25, 0.3) is 11.0 Å². The first kappa shape index (κ1) is 21.1. The molecule has 0 aliphatic carbocycles. The molecule has 1 aliphatic heterocycles. The van der Waals surface area contributed by atoms with Gasteiger partial charge in [-0.15, -0.1) is 0 Å². The van der Waals surface area contributed by atoms with Crippen LogP contribution >= 0.6 is 0 Å². The first-order valence-electron chi connectivity index (χ1n) is 11.7. The Labute approximate surface area is 202 Å². The van der Waals surface area contributed by atoms with Crippen molar-refractivity contribution in [3.05, 3.63) is 102 Å². The summed E-state index contributed by atoms with van der Waals surface area (Å²) < 4.78 is 1.99. The third-order valence-electron chi connectivity index (χ3n) is 6.22. The first-order valence-corrected chi connectivity index (χ1v) is 11.7. The summed E-state index contributed by atoms with van der Waals surface area (Å²) in [4.78, 5) is 16.3. The van der Waals surface area contributed by atoms with E-state index in [0.29, 0.717) is 25.6 Å². The van der Waals surface area contributed by atoms with Gasteiger partial charge in [0.15, 0.2) is 5.65 Å². The summed E-state index contributed by atoms with van der Waals surface area (Å²) in [7, 11) is 0. The number of anilines is 2. The number of nitrogens with zero attached hydrogens (tertiary/aromatic N) is 6. The lowest BCUT2D eigenvalue weighted by atomic mass is 10.1. The van der Waals surface area contributed by atoms with Crippen molar-refractivity contribution in [2.45, 2.75) is 26.1 Å². The van der Waals surface area contributed by atoms with E-state index in [2.05, 4.69) is 27.3 Å². The molecule has 0 saturated heterocycles. The minimum atomic E-state index is 0.267. The SMILES string of the molecule is Oc1ccc(CN2CCc3nn(Cc4ccccc4)c4nc(NCc5cccnc5)nc2c34)cc1. The molecule has 5 aromatic rings. The molecule has 1 aliphatic rings. The van der Waals surface area contributed by atoms with Gasteiger partial charge in [-0.2, -0.15) is 15.1 Å². The Morgan fingerprint density at radius 2 is 1.66 bits per heavy atom. The molecule has 6 rings (SSSR count). The second-order valence-electron chi connectivity index (χ2n) is 8.71. The Bertz CT molecular complexity index is 1450. The highest BCUT2D eigenvalue weighted by Crippen LogP contribution is 2.34. The van der Waals surface area contributed by atoms with Gasteiger partial charge in [0.2, 0.25) is 5.95 Å². The summed E-state index contributed by atoms with van der Waals surface area (Å²) in [6.45, 7) is 2.73. The summed E-state index contributed by atoms with van der Waals surface area (Å²) in [6, 6.07) is 21.6. The second-order valence-corrected chi connectivity index (χ2v) is 8.71. The predicted octanol–water partition coefficient (Wildman–Crippen LogP) is 4.15. The van der Waals surface area contributed by atoms with Gasteiger partial charge in [0.05, 0.1) is 17.6 Å². The standard InChI is InChI=1S/C27H25N7O/c35-22-10-8-20(9-11-22)17-33-14-12-23-24-25(33)30-27(29-16-21-7-4-13-28-15-21)31-26(24)34(32-23)18-19-5-2-1-3-6-19/h1-11,13,15,35H,12,14,16-18H2,(H,29,30,31). The zero-order valence-electron chi connectivity index (χ0n) is 19.2. The number of phenols is 1. The molecule has 8 nitrogen and oxygen atoms in total. The van der Waals surface area contributed by atoms with Crippen LogP contribution in [0.1, 0.15) is 22.4 Å². The fraction of sp³-hybridized carbons (Fsp3) is 0.185. The normalized spacial score (nSPS) is 12.7. The van der Waals surface area contributed by atoms with E-state index in [-0.39, 0.29) is 5.75 Å². The number of nitrogens with one attached hydrogen (secondary N) is 1. The maximum atomic E-state index is 9.67. The van der Waals surface area contributed by atoms with E-state index in [1.807, 2.05) is 53.3 Å². The lowest BCUT2D eigenvalue weighted by molar-refractivity contribution is 0.475. The number of pyridine rings is 1. The maximum Gasteiger partial charge on any atom is 0.227 e. The smallest absolute Gasteiger partial charge is 0.227 e. The molecule has 4 heterocycles. The van der Waals surface area contributed by atoms with Gasteiger partial charge < -0.3 is 15.3 Å². The van der Waals surface area contributed by atoms with Crippen molar-refractivity contribution >= 4 is 22.8 Å². The summed E-state index contributed by atoms with van der Waals surface area (Å²) in [5.74, 6) is 1.72. The molecule has 0 fully saturated rings. The summed E-state index contributed by atoms with van der Waals surface area (Å²) in [5, 5.41) is 19.0. The monoisotopic (exact) mass is 463 g/mol. The molecular weight excluding hydrogens is 438 g/mol. The van der Waals surface area contributed by atoms with Crippen LogP contribution in [0.3, 0.4) is 0 Å². The van der Waals surface area contributed by atoms with Crippen LogP contribution in [0.15, 0.2) is 79.1 Å². The number of hydrogen-bond acceptors (Lipinski definition) is 7. The molecule has 0 unspecified atom stereocenters. The summed E-state index contributed by atoms with van der Waals surface area (Å²) in [6.07, 6.45) is 4.43. The van der Waals surface area contributed by atoms with Gasteiger partial charge in [0, 0.05) is 38.4 Å². The molecule has 0 atom stereocenters. The van der Waals surface area contributed by atoms with Gasteiger partial charge in [-0.25, -0.2) is 4.68 Å². The van der Waals surface area contributed by atoms with Crippen molar-refractivity contribution in [3.8, 4) is 5.75 Å². The Morgan fingerprint density at radius 3 is 2.46 bits per heavy atom. The van der Waals surface area contributed by atoms with Crippen LogP contribution in [0, 0.1) is 0 Å². The molecule has 3 aromatic heterocycles. The molecule has 2 N–H and O–H groups in total. The Morgan fingerprint density at radius 1 is 0.857 bits per heavy atom. The average molecular weight is 464 g/mol. The fourth-order valence-electron chi connectivity index (χ4n) is 4.48. The maximum absolute atomic E-state index is 9.67. The Kier molecular flexibility index (Phi) is 5.46. The minimum absolute atomic E-state index is 0.267. The third kappa shape index (κ3) is 4.38. The van der Waals surface area contributed by atoms with Gasteiger partial charge in [-0.1, -0.05) is 48.5 Å². The fourth-order valence-corrected chi connectivity index (χ4v) is 4.48. The van der Waals surface area contributed by atoms with E-state index in [1.54, 1.807) is 18.3 Å². The minimum Gasteiger partial charge on any atom is -0.508 e. The van der Waals surface area contributed by atoms with E-state index < -0.39 is 0 Å². The Balaban J connectivity index is 1.40. The van der Waals surface area contributed by atoms with E-state index in [9.17, 15) is 5.11 Å². The van der Waals surface area contributed by atoms with Crippen molar-refractivity contribution in [3.63, 3.8) is 0 Å². The van der Waals surface area contributed by atoms with Crippen LogP contribution in [-0.2, 0) is 26.1 Å². The molecule has 2 aromatic carbocycles.